The second-order valence-electron chi connectivity index (χ2n) is 6.28. The number of nitrogens with zero attached hydrogens (tertiary/aromatic N) is 3. The van der Waals surface area contributed by atoms with E-state index in [4.69, 9.17) is 4.74 Å². The van der Waals surface area contributed by atoms with Gasteiger partial charge in [0, 0.05) is 32.3 Å². The summed E-state index contributed by atoms with van der Waals surface area (Å²) >= 11 is 0. The van der Waals surface area contributed by atoms with E-state index in [0.717, 1.165) is 5.56 Å². The molecule has 1 aromatic heterocycles. The van der Waals surface area contributed by atoms with Crippen LogP contribution in [-0.2, 0) is 31.3 Å². The molecule has 1 aromatic carbocycles. The predicted molar refractivity (Wildman–Crippen MR) is 92.9 cm³/mol. The van der Waals surface area contributed by atoms with Crippen molar-refractivity contribution in [1.29, 1.82) is 0 Å². The molecule has 1 aliphatic heterocycles. The lowest BCUT2D eigenvalue weighted by atomic mass is 9.96. The van der Waals surface area contributed by atoms with E-state index >= 15 is 0 Å². The van der Waals surface area contributed by atoms with Crippen molar-refractivity contribution in [2.24, 2.45) is 7.05 Å². The Balaban J connectivity index is 1.86. The number of carbonyl (C=O) groups excluding carboxylic acids is 1. The van der Waals surface area contributed by atoms with Gasteiger partial charge in [0.15, 0.2) is 5.03 Å². The number of methoxy groups -OCH3 is 1. The van der Waals surface area contributed by atoms with Crippen LogP contribution in [0.15, 0.2) is 41.8 Å². The largest absolute Gasteiger partial charge is 0.467 e. The van der Waals surface area contributed by atoms with Crippen LogP contribution in [0.1, 0.15) is 11.5 Å². The first-order valence-corrected chi connectivity index (χ1v) is 9.67. The van der Waals surface area contributed by atoms with Gasteiger partial charge in [0.25, 0.3) is 10.0 Å². The Kier molecular flexibility index (Phi) is 5.59. The van der Waals surface area contributed by atoms with E-state index in [-0.39, 0.29) is 36.5 Å². The molecule has 2 heterocycles. The second kappa shape index (κ2) is 7.75. The topological polar surface area (TPSA) is 90.7 Å². The molecule has 1 aliphatic rings. The van der Waals surface area contributed by atoms with Gasteiger partial charge in [-0.05, 0) is 17.7 Å². The van der Waals surface area contributed by atoms with Gasteiger partial charge in [0.1, 0.15) is 12.4 Å². The molecule has 0 saturated carbocycles. The Morgan fingerprint density at radius 1 is 1.30 bits per heavy atom. The van der Waals surface area contributed by atoms with Gasteiger partial charge < -0.3 is 14.0 Å². The van der Waals surface area contributed by atoms with Crippen molar-refractivity contribution in [1.82, 2.24) is 13.9 Å². The Bertz CT molecular complexity index is 913. The maximum Gasteiger partial charge on any atom is 0.331 e. The molecule has 10 heteroatoms. The molecule has 2 aromatic rings. The van der Waals surface area contributed by atoms with E-state index in [1.807, 2.05) is 0 Å². The van der Waals surface area contributed by atoms with Gasteiger partial charge in [-0.2, -0.15) is 4.31 Å². The zero-order valence-electron chi connectivity index (χ0n) is 14.9. The number of hydrogen-bond acceptors (Lipinski definition) is 6. The summed E-state index contributed by atoms with van der Waals surface area (Å²) < 4.78 is 52.0. The van der Waals surface area contributed by atoms with Crippen molar-refractivity contribution in [3.8, 4) is 0 Å². The standard InChI is InChI=1S/C17H20FN3O5S/c1-20-9-16(19-11-20)27(23,24)21-7-14(12-3-5-13(18)6-4-12)15(8-21)26-10-17(22)25-2/h3-6,9,11,14-15H,7-8,10H2,1-2H3. The van der Waals surface area contributed by atoms with Crippen molar-refractivity contribution in [2.45, 2.75) is 17.0 Å². The minimum absolute atomic E-state index is 0.0535. The molecule has 146 valence electrons. The molecule has 0 radical (unpaired) electrons. The highest BCUT2D eigenvalue weighted by Crippen LogP contribution is 2.33. The van der Waals surface area contributed by atoms with E-state index in [1.54, 1.807) is 23.7 Å². The van der Waals surface area contributed by atoms with Gasteiger partial charge in [0.05, 0.1) is 19.5 Å². The number of sulfonamides is 1. The number of aromatic nitrogens is 2. The fraction of sp³-hybridized carbons (Fsp3) is 0.412. The van der Waals surface area contributed by atoms with E-state index in [2.05, 4.69) is 9.72 Å². The number of hydrogen-bond donors (Lipinski definition) is 0. The second-order valence-corrected chi connectivity index (χ2v) is 8.17. The first-order chi connectivity index (χ1) is 12.8. The van der Waals surface area contributed by atoms with Gasteiger partial charge >= 0.3 is 5.97 Å². The molecule has 0 aliphatic carbocycles. The number of carbonyl (C=O) groups is 1. The predicted octanol–water partition coefficient (Wildman–Crippen LogP) is 0.905. The SMILES string of the molecule is COC(=O)COC1CN(S(=O)(=O)c2cn(C)cn2)CC1c1ccc(F)cc1. The third-order valence-electron chi connectivity index (χ3n) is 4.46. The van der Waals surface area contributed by atoms with E-state index in [1.165, 1.54) is 36.1 Å². The van der Waals surface area contributed by atoms with Crippen LogP contribution in [0.5, 0.6) is 0 Å². The smallest absolute Gasteiger partial charge is 0.331 e. The number of esters is 1. The van der Waals surface area contributed by atoms with E-state index < -0.39 is 22.1 Å². The van der Waals surface area contributed by atoms with E-state index in [0.29, 0.717) is 0 Å². The number of ether oxygens (including phenoxy) is 2. The highest BCUT2D eigenvalue weighted by atomic mass is 32.2. The summed E-state index contributed by atoms with van der Waals surface area (Å²) in [5.74, 6) is -1.30. The van der Waals surface area contributed by atoms with Crippen LogP contribution in [0.4, 0.5) is 4.39 Å². The quantitative estimate of drug-likeness (QED) is 0.673. The fourth-order valence-electron chi connectivity index (χ4n) is 3.02. The first-order valence-electron chi connectivity index (χ1n) is 8.23. The molecule has 2 unspecified atom stereocenters. The van der Waals surface area contributed by atoms with Crippen LogP contribution in [0.2, 0.25) is 0 Å². The summed E-state index contributed by atoms with van der Waals surface area (Å²) in [7, 11) is -0.887. The molecule has 8 nitrogen and oxygen atoms in total. The maximum atomic E-state index is 13.3. The molecular formula is C17H20FN3O5S. The highest BCUT2D eigenvalue weighted by molar-refractivity contribution is 7.89. The molecule has 0 bridgehead atoms. The Labute approximate surface area is 156 Å². The van der Waals surface area contributed by atoms with Crippen LogP contribution < -0.4 is 0 Å². The molecule has 1 fully saturated rings. The summed E-state index contributed by atoms with van der Waals surface area (Å²) in [4.78, 5) is 15.3. The van der Waals surface area contributed by atoms with Crippen molar-refractivity contribution < 1.29 is 27.1 Å². The minimum Gasteiger partial charge on any atom is -0.467 e. The lowest BCUT2D eigenvalue weighted by Crippen LogP contribution is -2.31. The normalized spacial score (nSPS) is 20.7. The highest BCUT2D eigenvalue weighted by Gasteiger charge is 2.41. The lowest BCUT2D eigenvalue weighted by Gasteiger charge is -2.18. The van der Waals surface area contributed by atoms with Crippen molar-refractivity contribution >= 4 is 16.0 Å². The van der Waals surface area contributed by atoms with Gasteiger partial charge in [-0.3, -0.25) is 0 Å². The zero-order chi connectivity index (χ0) is 19.6. The third-order valence-corrected chi connectivity index (χ3v) is 6.18. The first kappa shape index (κ1) is 19.5. The summed E-state index contributed by atoms with van der Waals surface area (Å²) in [6, 6.07) is 5.79. The number of rotatable bonds is 6. The van der Waals surface area contributed by atoms with Gasteiger partial charge in [-0.1, -0.05) is 12.1 Å². The molecule has 0 N–H and O–H groups in total. The van der Waals surface area contributed by atoms with Crippen LogP contribution >= 0.6 is 0 Å². The summed E-state index contributed by atoms with van der Waals surface area (Å²) in [5.41, 5.74) is 0.727. The van der Waals surface area contributed by atoms with Crippen LogP contribution in [0.25, 0.3) is 0 Å². The molecular weight excluding hydrogens is 377 g/mol. The summed E-state index contributed by atoms with van der Waals surface area (Å²) in [6.45, 7) is -0.106. The van der Waals surface area contributed by atoms with Gasteiger partial charge in [-0.25, -0.2) is 22.6 Å². The van der Waals surface area contributed by atoms with Crippen LogP contribution in [0, 0.1) is 5.82 Å². The molecule has 2 atom stereocenters. The summed E-state index contributed by atoms with van der Waals surface area (Å²) in [5, 5.41) is -0.0588. The molecule has 27 heavy (non-hydrogen) atoms. The number of imidazole rings is 1. The number of halogens is 1. The molecule has 3 rings (SSSR count). The van der Waals surface area contributed by atoms with Crippen LogP contribution in [0.3, 0.4) is 0 Å². The molecule has 1 saturated heterocycles. The Hall–Kier alpha value is -2.30. The van der Waals surface area contributed by atoms with Crippen molar-refractivity contribution in [3.63, 3.8) is 0 Å². The lowest BCUT2D eigenvalue weighted by molar-refractivity contribution is -0.147. The average molecular weight is 397 g/mol. The molecule has 0 spiro atoms. The average Bonchev–Trinajstić information content (AvgIpc) is 3.27. The third kappa shape index (κ3) is 4.18. The molecule has 0 amide bonds. The van der Waals surface area contributed by atoms with Crippen molar-refractivity contribution in [3.05, 3.63) is 48.2 Å². The monoisotopic (exact) mass is 397 g/mol. The van der Waals surface area contributed by atoms with Gasteiger partial charge in [0.2, 0.25) is 0 Å². The minimum atomic E-state index is -3.81. The summed E-state index contributed by atoms with van der Waals surface area (Å²) in [6.07, 6.45) is 2.25. The number of benzene rings is 1. The number of aryl methyl sites for hydroxylation is 1. The zero-order valence-corrected chi connectivity index (χ0v) is 15.7. The maximum absolute atomic E-state index is 13.3. The fourth-order valence-corrected chi connectivity index (χ4v) is 4.47. The Morgan fingerprint density at radius 3 is 2.59 bits per heavy atom. The van der Waals surface area contributed by atoms with Gasteiger partial charge in [-0.15, -0.1) is 0 Å². The van der Waals surface area contributed by atoms with E-state index in [9.17, 15) is 17.6 Å². The van der Waals surface area contributed by atoms with Crippen molar-refractivity contribution in [2.75, 3.05) is 26.8 Å². The Morgan fingerprint density at radius 2 is 2.00 bits per heavy atom. The van der Waals surface area contributed by atoms with Crippen LogP contribution in [-0.4, -0.2) is 61.2 Å².